The monoisotopic (exact) mass is 428 g/mol. The third kappa shape index (κ3) is 6.67. The van der Waals surface area contributed by atoms with Gasteiger partial charge in [-0.1, -0.05) is 24.3 Å². The van der Waals surface area contributed by atoms with Gasteiger partial charge >= 0.3 is 0 Å². The highest BCUT2D eigenvalue weighted by atomic mass is 19.1. The summed E-state index contributed by atoms with van der Waals surface area (Å²) in [4.78, 5) is 6.45. The number of nitrogens with zero attached hydrogens (tertiary/aromatic N) is 2. The average molecular weight is 429 g/mol. The molecule has 7 heteroatoms. The van der Waals surface area contributed by atoms with E-state index in [1.807, 2.05) is 26.2 Å². The fraction of sp³-hybridized carbons (Fsp3) is 0.458. The van der Waals surface area contributed by atoms with Crippen LogP contribution in [0.25, 0.3) is 0 Å². The average Bonchev–Trinajstić information content (AvgIpc) is 3.25. The van der Waals surface area contributed by atoms with Gasteiger partial charge in [0.25, 0.3) is 0 Å². The number of nitrogens with one attached hydrogen (secondary N) is 2. The molecule has 0 amide bonds. The Labute approximate surface area is 184 Å². The van der Waals surface area contributed by atoms with Crippen LogP contribution in [0, 0.1) is 12.7 Å². The molecule has 2 aromatic rings. The summed E-state index contributed by atoms with van der Waals surface area (Å²) < 4.78 is 24.9. The van der Waals surface area contributed by atoms with Crippen molar-refractivity contribution in [2.75, 3.05) is 40.9 Å². The number of aryl methyl sites for hydroxylation is 1. The first kappa shape index (κ1) is 23.0. The van der Waals surface area contributed by atoms with Crippen LogP contribution in [-0.2, 0) is 11.3 Å². The summed E-state index contributed by atoms with van der Waals surface area (Å²) in [6, 6.07) is 13.0. The Kier molecular flexibility index (Phi) is 8.26. The van der Waals surface area contributed by atoms with Crippen LogP contribution < -0.4 is 15.4 Å². The Morgan fingerprint density at radius 3 is 2.65 bits per heavy atom. The van der Waals surface area contributed by atoms with Crippen LogP contribution in [-0.4, -0.2) is 57.9 Å². The molecular weight excluding hydrogens is 395 g/mol. The fourth-order valence-electron chi connectivity index (χ4n) is 3.58. The van der Waals surface area contributed by atoms with Crippen molar-refractivity contribution in [3.63, 3.8) is 0 Å². The van der Waals surface area contributed by atoms with Gasteiger partial charge in [-0.3, -0.25) is 4.99 Å². The van der Waals surface area contributed by atoms with Crippen LogP contribution in [0.4, 0.5) is 4.39 Å². The van der Waals surface area contributed by atoms with Crippen molar-refractivity contribution in [2.24, 2.45) is 4.99 Å². The van der Waals surface area contributed by atoms with Crippen LogP contribution >= 0.6 is 0 Å². The maximum Gasteiger partial charge on any atom is 0.191 e. The maximum atomic E-state index is 13.3. The van der Waals surface area contributed by atoms with Gasteiger partial charge in [0.2, 0.25) is 0 Å². The fourth-order valence-corrected chi connectivity index (χ4v) is 3.58. The first-order valence-corrected chi connectivity index (χ1v) is 10.7. The number of halogens is 1. The summed E-state index contributed by atoms with van der Waals surface area (Å²) in [5, 5.41) is 6.76. The predicted octanol–water partition coefficient (Wildman–Crippen LogP) is 3.27. The molecule has 0 bridgehead atoms. The van der Waals surface area contributed by atoms with Gasteiger partial charge in [-0.05, 0) is 50.3 Å². The van der Waals surface area contributed by atoms with E-state index in [1.54, 1.807) is 7.05 Å². The van der Waals surface area contributed by atoms with E-state index in [2.05, 4.69) is 45.6 Å². The molecule has 0 aromatic heterocycles. The lowest BCUT2D eigenvalue weighted by Crippen LogP contribution is -2.41. The highest BCUT2D eigenvalue weighted by Gasteiger charge is 2.19. The Balaban J connectivity index is 1.60. The van der Waals surface area contributed by atoms with Gasteiger partial charge in [0.1, 0.15) is 17.7 Å². The van der Waals surface area contributed by atoms with Crippen molar-refractivity contribution in [1.29, 1.82) is 0 Å². The van der Waals surface area contributed by atoms with Crippen molar-refractivity contribution in [1.82, 2.24) is 15.5 Å². The number of hydrogen-bond acceptors (Lipinski definition) is 4. The van der Waals surface area contributed by atoms with Gasteiger partial charge in [-0.2, -0.15) is 0 Å². The molecule has 168 valence electrons. The number of rotatable bonds is 8. The highest BCUT2D eigenvalue weighted by Crippen LogP contribution is 2.24. The van der Waals surface area contributed by atoms with Gasteiger partial charge in [0.05, 0.1) is 19.3 Å². The molecule has 0 aliphatic carbocycles. The lowest BCUT2D eigenvalue weighted by molar-refractivity contribution is 0.140. The molecule has 2 N–H and O–H groups in total. The minimum absolute atomic E-state index is 0.0831. The van der Waals surface area contributed by atoms with Gasteiger partial charge in [0.15, 0.2) is 5.96 Å². The highest BCUT2D eigenvalue weighted by molar-refractivity contribution is 5.79. The summed E-state index contributed by atoms with van der Waals surface area (Å²) in [7, 11) is 5.77. The number of aliphatic imine (C=N–C) groups is 1. The van der Waals surface area contributed by atoms with E-state index < -0.39 is 0 Å². The lowest BCUT2D eigenvalue weighted by Gasteiger charge is -2.26. The molecule has 1 aliphatic heterocycles. The van der Waals surface area contributed by atoms with Crippen LogP contribution in [0.2, 0.25) is 0 Å². The third-order valence-electron chi connectivity index (χ3n) is 5.42. The van der Waals surface area contributed by atoms with Crippen LogP contribution in [0.5, 0.6) is 5.75 Å². The Morgan fingerprint density at radius 1 is 1.23 bits per heavy atom. The van der Waals surface area contributed by atoms with Gasteiger partial charge in [-0.15, -0.1) is 0 Å². The molecule has 2 atom stereocenters. The predicted molar refractivity (Wildman–Crippen MR) is 122 cm³/mol. The number of benzene rings is 2. The standard InChI is InChI=1S/C24H33FN4O2/c1-17-5-6-19(23(13-17)31-21-11-12-30-16-21)14-27-24(26-2)28-15-22(29(3)4)18-7-9-20(25)10-8-18/h5-10,13,21-22H,11-12,14-16H2,1-4H3,(H2,26,27,28). The van der Waals surface area contributed by atoms with Gasteiger partial charge in [-0.25, -0.2) is 4.39 Å². The van der Waals surface area contributed by atoms with E-state index in [0.29, 0.717) is 25.7 Å². The van der Waals surface area contributed by atoms with E-state index in [4.69, 9.17) is 9.47 Å². The third-order valence-corrected chi connectivity index (χ3v) is 5.42. The van der Waals surface area contributed by atoms with Crippen molar-refractivity contribution in [2.45, 2.75) is 32.0 Å². The molecular formula is C24H33FN4O2. The largest absolute Gasteiger partial charge is 0.488 e. The van der Waals surface area contributed by atoms with E-state index in [-0.39, 0.29) is 18.0 Å². The van der Waals surface area contributed by atoms with Crippen LogP contribution in [0.15, 0.2) is 47.5 Å². The molecule has 1 saturated heterocycles. The SMILES string of the molecule is CN=C(NCc1ccc(C)cc1OC1CCOC1)NCC(c1ccc(F)cc1)N(C)C. The van der Waals surface area contributed by atoms with Crippen molar-refractivity contribution in [3.8, 4) is 5.75 Å². The summed E-state index contributed by atoms with van der Waals surface area (Å²) in [6.45, 7) is 4.68. The van der Waals surface area contributed by atoms with Gasteiger partial charge in [0, 0.05) is 32.1 Å². The molecule has 2 aromatic carbocycles. The number of ether oxygens (including phenoxy) is 2. The zero-order chi connectivity index (χ0) is 22.2. The summed E-state index contributed by atoms with van der Waals surface area (Å²) in [6.07, 6.45) is 1.02. The smallest absolute Gasteiger partial charge is 0.191 e. The van der Waals surface area contributed by atoms with Crippen LogP contribution in [0.1, 0.15) is 29.2 Å². The Hall–Kier alpha value is -2.64. The molecule has 2 unspecified atom stereocenters. The summed E-state index contributed by atoms with van der Waals surface area (Å²) in [5.74, 6) is 1.35. The lowest BCUT2D eigenvalue weighted by atomic mass is 10.1. The Morgan fingerprint density at radius 2 is 2.00 bits per heavy atom. The quantitative estimate of drug-likeness (QED) is 0.499. The molecule has 31 heavy (non-hydrogen) atoms. The molecule has 1 heterocycles. The summed E-state index contributed by atoms with van der Waals surface area (Å²) in [5.41, 5.74) is 3.28. The molecule has 0 saturated carbocycles. The van der Waals surface area contributed by atoms with Gasteiger partial charge < -0.3 is 25.0 Å². The topological polar surface area (TPSA) is 58.1 Å². The first-order chi connectivity index (χ1) is 15.0. The second-order valence-electron chi connectivity index (χ2n) is 8.05. The minimum Gasteiger partial charge on any atom is -0.488 e. The number of likely N-dealkylation sites (N-methyl/N-ethyl adjacent to an activating group) is 1. The summed E-state index contributed by atoms with van der Waals surface area (Å²) >= 11 is 0. The first-order valence-electron chi connectivity index (χ1n) is 10.7. The molecule has 3 rings (SSSR count). The van der Waals surface area contributed by atoms with Crippen molar-refractivity contribution < 1.29 is 13.9 Å². The van der Waals surface area contributed by atoms with E-state index in [1.165, 1.54) is 12.1 Å². The molecule has 6 nitrogen and oxygen atoms in total. The Bertz CT molecular complexity index is 864. The molecule has 1 aliphatic rings. The van der Waals surface area contributed by atoms with Crippen LogP contribution in [0.3, 0.4) is 0 Å². The van der Waals surface area contributed by atoms with Crippen molar-refractivity contribution in [3.05, 3.63) is 65.0 Å². The minimum atomic E-state index is -0.230. The molecule has 1 fully saturated rings. The zero-order valence-electron chi connectivity index (χ0n) is 18.8. The number of hydrogen-bond donors (Lipinski definition) is 2. The normalized spacial score (nSPS) is 17.6. The van der Waals surface area contributed by atoms with Crippen molar-refractivity contribution >= 4 is 5.96 Å². The molecule has 0 radical (unpaired) electrons. The van der Waals surface area contributed by atoms with E-state index >= 15 is 0 Å². The molecule has 0 spiro atoms. The second-order valence-corrected chi connectivity index (χ2v) is 8.05. The van der Waals surface area contributed by atoms with E-state index in [0.717, 1.165) is 35.5 Å². The zero-order valence-corrected chi connectivity index (χ0v) is 18.8. The maximum absolute atomic E-state index is 13.3. The number of guanidine groups is 1. The van der Waals surface area contributed by atoms with E-state index in [9.17, 15) is 4.39 Å². The second kappa shape index (κ2) is 11.1.